The van der Waals surface area contributed by atoms with Gasteiger partial charge in [-0.25, -0.2) is 0 Å². The summed E-state index contributed by atoms with van der Waals surface area (Å²) < 4.78 is 0. The minimum atomic E-state index is 0. The van der Waals surface area contributed by atoms with Crippen LogP contribution in [0.5, 0.6) is 0 Å². The first-order valence-electron chi connectivity index (χ1n) is 0. The van der Waals surface area contributed by atoms with Crippen molar-refractivity contribution in [2.24, 2.45) is 0 Å². The predicted molar refractivity (Wildman–Crippen MR) is 103 cm³/mol. The van der Waals surface area contributed by atoms with E-state index in [1.807, 2.05) is 0 Å². The Balaban J connectivity index is 0. The first-order chi connectivity index (χ1) is 0. The van der Waals surface area contributed by atoms with Crippen molar-refractivity contribution in [1.29, 1.82) is 0 Å². The second-order valence-electron chi connectivity index (χ2n) is 0. The van der Waals surface area contributed by atoms with Crippen LogP contribution in [0.1, 0.15) is 0 Å². The molecule has 37 heteroatoms. The van der Waals surface area contributed by atoms with Crippen molar-refractivity contribution in [3.63, 3.8) is 0 Å². The molecule has 0 bridgehead atoms. The van der Waals surface area contributed by atoms with E-state index in [1.54, 1.807) is 0 Å². The fraction of sp³-hybridized carbons (Fsp3) is 0. The quantitative estimate of drug-likeness (QED) is 0.204. The summed E-state index contributed by atoms with van der Waals surface area (Å²) in [5.41, 5.74) is 0. The van der Waals surface area contributed by atoms with E-state index >= 15 is 0 Å². The molecule has 0 spiro atoms. The van der Waals surface area contributed by atoms with Gasteiger partial charge in [-0.3, -0.25) is 0 Å². The standard InChI is InChI=1S/27H2O.10V/h27*1H2;;;;;;;;;;/p+4. The smallest absolute Gasteiger partial charge is 0 e. The largest absolute Gasteiger partial charge is 0.457 e. The molecule has 266 valence electrons. The maximum absolute atomic E-state index is 0. The third kappa shape index (κ3) is 2700. The Kier molecular flexibility index (Phi) is 235000. The van der Waals surface area contributed by atoms with Crippen LogP contribution >= 0.6 is 0 Å². The molecular weight excluding hydrogens is 941 g/mol. The van der Waals surface area contributed by atoms with Gasteiger partial charge in [-0.1, -0.05) is 0 Å². The van der Waals surface area contributed by atoms with Gasteiger partial charge >= 0.3 is 0 Å². The van der Waals surface area contributed by atoms with Gasteiger partial charge in [0, 0.05) is 186 Å². The van der Waals surface area contributed by atoms with Gasteiger partial charge in [0.2, 0.25) is 0 Å². The monoisotopic (exact) mass is 1000 g/mol. The molecule has 0 aliphatic heterocycles. The Labute approximate surface area is 329 Å². The molecule has 10 radical (unpaired) electrons. The minimum Gasteiger partial charge on any atom is -0.457 e. The average molecular weight is 1000 g/mol. The molecule has 0 aliphatic rings. The van der Waals surface area contributed by atoms with E-state index in [-0.39, 0.29) is 333 Å². The van der Waals surface area contributed by atoms with E-state index in [9.17, 15) is 0 Å². The first kappa shape index (κ1) is 3060. The molecule has 27 nitrogen and oxygen atoms in total. The number of hydrogen-bond acceptors (Lipinski definition) is 0. The summed E-state index contributed by atoms with van der Waals surface area (Å²) >= 11 is 0. The van der Waals surface area contributed by atoms with Crippen LogP contribution in [0.15, 0.2) is 0 Å². The van der Waals surface area contributed by atoms with Crippen molar-refractivity contribution in [2.45, 2.75) is 0 Å². The van der Waals surface area contributed by atoms with Gasteiger partial charge in [-0.05, 0) is 0 Å². The fourth-order valence-corrected chi connectivity index (χ4v) is 0. The van der Waals surface area contributed by atoms with E-state index in [2.05, 4.69) is 0 Å². The molecule has 0 aromatic rings. The van der Waals surface area contributed by atoms with Gasteiger partial charge in [-0.2, -0.15) is 0 Å². The maximum atomic E-state index is 0. The molecule has 0 heterocycles. The first-order valence-corrected chi connectivity index (χ1v) is 0. The summed E-state index contributed by atoms with van der Waals surface area (Å²) in [6.07, 6.45) is 0. The van der Waals surface area contributed by atoms with Gasteiger partial charge in [0.05, 0.1) is 0 Å². The second-order valence-corrected chi connectivity index (χ2v) is 0. The Morgan fingerprint density at radius 2 is 0.0811 bits per heavy atom. The Bertz CT molecular complexity index is 31.1. The maximum Gasteiger partial charge on any atom is 0 e. The van der Waals surface area contributed by atoms with Crippen molar-refractivity contribution in [3.8, 4) is 0 Å². The topological polar surface area (TPSA) is 856 Å². The zero-order chi connectivity index (χ0) is 0. The number of rotatable bonds is 0. The van der Waals surface area contributed by atoms with E-state index in [4.69, 9.17) is 0 Å². The molecule has 0 aromatic heterocycles. The van der Waals surface area contributed by atoms with E-state index in [0.717, 1.165) is 0 Å². The van der Waals surface area contributed by atoms with Gasteiger partial charge in [-0.15, -0.1) is 0 Å². The van der Waals surface area contributed by atoms with Crippen LogP contribution in [-0.2, 0) is 207 Å². The summed E-state index contributed by atoms with van der Waals surface area (Å²) in [4.78, 5) is 0. The molecule has 0 saturated carbocycles. The molecule has 0 amide bonds. The van der Waals surface area contributed by atoms with Crippen LogP contribution in [-0.4, -0.2) is 126 Å². The van der Waals surface area contributed by atoms with Crippen LogP contribution in [0.4, 0.5) is 0 Å². The third-order valence-electron chi connectivity index (χ3n) is 0. The summed E-state index contributed by atoms with van der Waals surface area (Å²) in [7, 11) is 0. The second kappa shape index (κ2) is 2840. The molecule has 0 aliphatic carbocycles. The van der Waals surface area contributed by atoms with Crippen LogP contribution in [0.3, 0.4) is 0 Å². The Morgan fingerprint density at radius 1 is 0.0811 bits per heavy atom. The van der Waals surface area contributed by atoms with Gasteiger partial charge in [0.1, 0.15) is 0 Å². The SMILES string of the molecule is O.O.O.O.O.O.O.O.O.O.O.O.O.O.O.O.O.O.O.O.O.O.O.[OH3+].[OH3+].[OH3+].[OH3+].[V].[V].[V].[V].[V].[V].[V].[V].[V].[V]. The zero-order valence-electron chi connectivity index (χ0n) is 18.3. The molecule has 0 rings (SSSR count). The molecule has 0 atom stereocenters. The normalized spacial score (nSPS) is 0. The van der Waals surface area contributed by atoms with Crippen LogP contribution in [0, 0.1) is 0 Å². The predicted octanol–water partition coefficient (Wildman–Crippen LogP) is -22.7. The molecule has 0 saturated heterocycles. The zero-order valence-corrected chi connectivity index (χ0v) is 32.2. The van der Waals surface area contributed by atoms with Crippen molar-refractivity contribution >= 4 is 0 Å². The van der Waals surface area contributed by atoms with Crippen LogP contribution in [0.25, 0.3) is 0 Å². The summed E-state index contributed by atoms with van der Waals surface area (Å²) in [5, 5.41) is 0. The van der Waals surface area contributed by atoms with Crippen molar-refractivity contribution in [2.75, 3.05) is 0 Å². The van der Waals surface area contributed by atoms with Crippen LogP contribution < -0.4 is 0 Å². The molecule has 37 heavy (non-hydrogen) atoms. The molecule has 0 aromatic carbocycles. The van der Waals surface area contributed by atoms with Gasteiger partial charge in [0.25, 0.3) is 0 Å². The fourth-order valence-electron chi connectivity index (χ4n) is 0. The third-order valence-corrected chi connectivity index (χ3v) is 0. The van der Waals surface area contributed by atoms with Crippen molar-refractivity contribution in [1.82, 2.24) is 0 Å². The van der Waals surface area contributed by atoms with Crippen molar-refractivity contribution < 1.29 is 333 Å². The Morgan fingerprint density at radius 3 is 0.0811 bits per heavy atom. The van der Waals surface area contributed by atoms with E-state index < -0.39 is 0 Å². The summed E-state index contributed by atoms with van der Waals surface area (Å²) in [5.74, 6) is 0. The van der Waals surface area contributed by atoms with Gasteiger partial charge < -0.3 is 148 Å². The van der Waals surface area contributed by atoms with Gasteiger partial charge in [0.15, 0.2) is 0 Å². The summed E-state index contributed by atoms with van der Waals surface area (Å²) in [6.45, 7) is 0. The van der Waals surface area contributed by atoms with E-state index in [1.165, 1.54) is 0 Å². The molecule has 0 fully saturated rings. The molecule has 58 N–H and O–H groups in total. The average Bonchev–Trinajstić information content (AvgIpc) is 0. The van der Waals surface area contributed by atoms with E-state index in [0.29, 0.717) is 0 Å². The molecular formula is H58O27V10+4. The Hall–Kier alpha value is 4.76. The number of hydrogen-bond donors (Lipinski definition) is 0. The molecule has 0 unspecified atom stereocenters. The van der Waals surface area contributed by atoms with Crippen molar-refractivity contribution in [3.05, 3.63) is 0 Å². The minimum absolute atomic E-state index is 0. The van der Waals surface area contributed by atoms with Crippen LogP contribution in [0.2, 0.25) is 0 Å². The summed E-state index contributed by atoms with van der Waals surface area (Å²) in [6, 6.07) is 0.